The van der Waals surface area contributed by atoms with E-state index in [0.29, 0.717) is 38.4 Å². The number of carboxylic acids is 2. The number of ether oxygens (including phenoxy) is 2. The molecule has 28 heavy (non-hydrogen) atoms. The molecule has 7 nitrogen and oxygen atoms in total. The lowest BCUT2D eigenvalue weighted by molar-refractivity contribution is -0.139. The van der Waals surface area contributed by atoms with Gasteiger partial charge in [-0.3, -0.25) is 0 Å². The van der Waals surface area contributed by atoms with Crippen LogP contribution in [0.1, 0.15) is 28.4 Å². The number of rotatable bonds is 8. The number of hydrogen-bond acceptors (Lipinski definition) is 5. The minimum absolute atomic E-state index is 0.133. The fourth-order valence-corrected chi connectivity index (χ4v) is 3.13. The Morgan fingerprint density at radius 3 is 2.32 bits per heavy atom. The third kappa shape index (κ3) is 5.47. The maximum Gasteiger partial charge on any atom is 0.341 e. The van der Waals surface area contributed by atoms with Crippen LogP contribution in [0.15, 0.2) is 36.4 Å². The van der Waals surface area contributed by atoms with E-state index in [1.807, 2.05) is 22.6 Å². The second-order valence-electron chi connectivity index (χ2n) is 5.50. The highest BCUT2D eigenvalue weighted by Gasteiger charge is 2.14. The average molecular weight is 493 g/mol. The van der Waals surface area contributed by atoms with Gasteiger partial charge in [-0.1, -0.05) is 12.1 Å². The summed E-state index contributed by atoms with van der Waals surface area (Å²) in [5.41, 5.74) is 1.71. The molecule has 2 rings (SSSR count). The number of hydrogen-bond donors (Lipinski definition) is 2. The smallest absolute Gasteiger partial charge is 0.341 e. The highest BCUT2D eigenvalue weighted by molar-refractivity contribution is 14.1. The second-order valence-corrected chi connectivity index (χ2v) is 6.66. The lowest BCUT2D eigenvalue weighted by atomic mass is 10.0. The summed E-state index contributed by atoms with van der Waals surface area (Å²) in [6, 6.07) is 11.5. The van der Waals surface area contributed by atoms with Crippen LogP contribution in [0.3, 0.4) is 0 Å². The van der Waals surface area contributed by atoms with E-state index in [1.165, 1.54) is 12.1 Å². The summed E-state index contributed by atoms with van der Waals surface area (Å²) in [6.45, 7) is 1.65. The van der Waals surface area contributed by atoms with Gasteiger partial charge in [0.2, 0.25) is 0 Å². The number of nitriles is 1. The molecule has 0 fully saturated rings. The SMILES string of the molecule is CCOc1cc(/C=C(/C#N)c2ccc(C(=O)O)cc2)cc(I)c1OCC(=O)O. The van der Waals surface area contributed by atoms with E-state index in [9.17, 15) is 14.9 Å². The molecule has 0 bridgehead atoms. The first kappa shape index (κ1) is 21.2. The molecule has 0 saturated heterocycles. The van der Waals surface area contributed by atoms with Gasteiger partial charge in [-0.05, 0) is 71.0 Å². The minimum Gasteiger partial charge on any atom is -0.490 e. The summed E-state index contributed by atoms with van der Waals surface area (Å²) in [6.07, 6.45) is 1.64. The summed E-state index contributed by atoms with van der Waals surface area (Å²) < 4.78 is 11.5. The number of benzene rings is 2. The third-order valence-corrected chi connectivity index (χ3v) is 4.35. The normalized spacial score (nSPS) is 10.8. The Hall–Kier alpha value is -3.06. The molecule has 8 heteroatoms. The van der Waals surface area contributed by atoms with E-state index < -0.39 is 18.5 Å². The maximum atomic E-state index is 11.0. The second kappa shape index (κ2) is 9.75. The zero-order valence-corrected chi connectivity index (χ0v) is 17.0. The van der Waals surface area contributed by atoms with Crippen LogP contribution >= 0.6 is 22.6 Å². The maximum absolute atomic E-state index is 11.0. The molecular formula is C20H16INO6. The van der Waals surface area contributed by atoms with Crippen molar-refractivity contribution < 1.29 is 29.3 Å². The van der Waals surface area contributed by atoms with Crippen molar-refractivity contribution in [2.75, 3.05) is 13.2 Å². The van der Waals surface area contributed by atoms with Crippen LogP contribution < -0.4 is 9.47 Å². The van der Waals surface area contributed by atoms with Gasteiger partial charge in [0.05, 0.1) is 27.4 Å². The number of halogens is 1. The Morgan fingerprint density at radius 1 is 1.14 bits per heavy atom. The summed E-state index contributed by atoms with van der Waals surface area (Å²) in [5, 5.41) is 27.3. The standard InChI is InChI=1S/C20H16INO6/c1-2-27-17-9-12(8-16(21)19(17)28-11-18(23)24)7-15(10-22)13-3-5-14(6-4-13)20(25)26/h3-9H,2,11H2,1H3,(H,23,24)(H,25,26)/b15-7-. The molecule has 0 radical (unpaired) electrons. The molecule has 2 aromatic rings. The summed E-state index contributed by atoms with van der Waals surface area (Å²) in [7, 11) is 0. The first-order valence-electron chi connectivity index (χ1n) is 8.12. The number of carboxylic acid groups (broad SMARTS) is 2. The summed E-state index contributed by atoms with van der Waals surface area (Å²) >= 11 is 2.01. The monoisotopic (exact) mass is 493 g/mol. The van der Waals surface area contributed by atoms with Gasteiger partial charge in [0.1, 0.15) is 0 Å². The lowest BCUT2D eigenvalue weighted by Crippen LogP contribution is -2.11. The van der Waals surface area contributed by atoms with Gasteiger partial charge in [-0.25, -0.2) is 9.59 Å². The summed E-state index contributed by atoms with van der Waals surface area (Å²) in [5.74, 6) is -1.44. The fourth-order valence-electron chi connectivity index (χ4n) is 2.35. The molecule has 0 heterocycles. The van der Waals surface area contributed by atoms with Gasteiger partial charge >= 0.3 is 11.9 Å². The number of carbonyl (C=O) groups is 2. The van der Waals surface area contributed by atoms with Crippen molar-refractivity contribution >= 4 is 46.2 Å². The molecule has 2 N–H and O–H groups in total. The average Bonchev–Trinajstić information content (AvgIpc) is 2.65. The number of aromatic carboxylic acids is 1. The molecule has 0 spiro atoms. The molecule has 0 aliphatic carbocycles. The molecule has 144 valence electrons. The molecule has 0 saturated carbocycles. The van der Waals surface area contributed by atoms with Crippen molar-refractivity contribution in [3.05, 3.63) is 56.7 Å². The number of nitrogens with zero attached hydrogens (tertiary/aromatic N) is 1. The summed E-state index contributed by atoms with van der Waals surface area (Å²) in [4.78, 5) is 21.7. The largest absolute Gasteiger partial charge is 0.490 e. The zero-order chi connectivity index (χ0) is 20.7. The Morgan fingerprint density at radius 2 is 1.79 bits per heavy atom. The Balaban J connectivity index is 2.43. The first-order valence-corrected chi connectivity index (χ1v) is 9.20. The highest BCUT2D eigenvalue weighted by Crippen LogP contribution is 2.35. The van der Waals surface area contributed by atoms with Crippen LogP contribution in [0.4, 0.5) is 0 Å². The first-order chi connectivity index (χ1) is 13.3. The van der Waals surface area contributed by atoms with Crippen molar-refractivity contribution in [2.45, 2.75) is 6.92 Å². The minimum atomic E-state index is -1.10. The van der Waals surface area contributed by atoms with E-state index in [-0.39, 0.29) is 5.56 Å². The van der Waals surface area contributed by atoms with Crippen LogP contribution in [-0.2, 0) is 4.79 Å². The molecule has 0 aromatic heterocycles. The van der Waals surface area contributed by atoms with Gasteiger partial charge in [-0.2, -0.15) is 5.26 Å². The molecule has 0 atom stereocenters. The van der Waals surface area contributed by atoms with Crippen LogP contribution in [0.2, 0.25) is 0 Å². The van der Waals surface area contributed by atoms with Gasteiger partial charge in [0.15, 0.2) is 18.1 Å². The van der Waals surface area contributed by atoms with Gasteiger partial charge in [-0.15, -0.1) is 0 Å². The molecule has 0 amide bonds. The van der Waals surface area contributed by atoms with Crippen LogP contribution in [-0.4, -0.2) is 35.4 Å². The van der Waals surface area contributed by atoms with E-state index in [4.69, 9.17) is 19.7 Å². The van der Waals surface area contributed by atoms with Gasteiger partial charge in [0, 0.05) is 0 Å². The Labute approximate surface area is 175 Å². The quantitative estimate of drug-likeness (QED) is 0.325. The van der Waals surface area contributed by atoms with Crippen molar-refractivity contribution in [1.29, 1.82) is 5.26 Å². The van der Waals surface area contributed by atoms with Crippen molar-refractivity contribution in [2.24, 2.45) is 0 Å². The van der Waals surface area contributed by atoms with E-state index in [1.54, 1.807) is 37.3 Å². The van der Waals surface area contributed by atoms with Gasteiger partial charge in [0.25, 0.3) is 0 Å². The van der Waals surface area contributed by atoms with Crippen LogP contribution in [0, 0.1) is 14.9 Å². The molecule has 0 aliphatic rings. The Kier molecular flexibility index (Phi) is 7.40. The van der Waals surface area contributed by atoms with E-state index in [2.05, 4.69) is 6.07 Å². The Bertz CT molecular complexity index is 960. The third-order valence-electron chi connectivity index (χ3n) is 3.55. The zero-order valence-electron chi connectivity index (χ0n) is 14.8. The van der Waals surface area contributed by atoms with Gasteiger partial charge < -0.3 is 19.7 Å². The molecule has 0 unspecified atom stereocenters. The fraction of sp³-hybridized carbons (Fsp3) is 0.150. The molecule has 2 aromatic carbocycles. The molecular weight excluding hydrogens is 477 g/mol. The van der Waals surface area contributed by atoms with E-state index in [0.717, 1.165) is 0 Å². The van der Waals surface area contributed by atoms with Crippen LogP contribution in [0.25, 0.3) is 11.6 Å². The van der Waals surface area contributed by atoms with Crippen molar-refractivity contribution in [1.82, 2.24) is 0 Å². The van der Waals surface area contributed by atoms with Crippen molar-refractivity contribution in [3.63, 3.8) is 0 Å². The number of allylic oxidation sites excluding steroid dienone is 1. The predicted octanol–water partition coefficient (Wildman–Crippen LogP) is 3.92. The highest BCUT2D eigenvalue weighted by atomic mass is 127. The van der Waals surface area contributed by atoms with Crippen LogP contribution in [0.5, 0.6) is 11.5 Å². The van der Waals surface area contributed by atoms with Crippen molar-refractivity contribution in [3.8, 4) is 17.6 Å². The van der Waals surface area contributed by atoms with E-state index >= 15 is 0 Å². The molecule has 0 aliphatic heterocycles. The number of aliphatic carboxylic acids is 1. The predicted molar refractivity (Wildman–Crippen MR) is 110 cm³/mol. The lowest BCUT2D eigenvalue weighted by Gasteiger charge is -2.13. The topological polar surface area (TPSA) is 117 Å².